The highest BCUT2D eigenvalue weighted by Crippen LogP contribution is 2.28. The van der Waals surface area contributed by atoms with Crippen LogP contribution in [0.25, 0.3) is 28.0 Å². The summed E-state index contributed by atoms with van der Waals surface area (Å²) in [5, 5.41) is 21.1. The topological polar surface area (TPSA) is 73.7 Å². The van der Waals surface area contributed by atoms with E-state index in [0.29, 0.717) is 5.56 Å². The Balaban J connectivity index is 1.82. The lowest BCUT2D eigenvalue weighted by molar-refractivity contribution is 0.322. The monoisotopic (exact) mass is 338 g/mol. The summed E-state index contributed by atoms with van der Waals surface area (Å²) >= 11 is 0. The summed E-state index contributed by atoms with van der Waals surface area (Å²) < 4.78 is 1.98. The lowest BCUT2D eigenvalue weighted by atomic mass is 9.98. The Morgan fingerprint density at radius 3 is 2.73 bits per heavy atom. The van der Waals surface area contributed by atoms with Gasteiger partial charge in [0.2, 0.25) is 0 Å². The van der Waals surface area contributed by atoms with Gasteiger partial charge in [0.1, 0.15) is 5.65 Å². The van der Waals surface area contributed by atoms with Gasteiger partial charge in [0, 0.05) is 17.3 Å². The molecular formula is C21H14N4O. The van der Waals surface area contributed by atoms with Crippen LogP contribution in [0.5, 0.6) is 0 Å². The molecule has 4 rings (SSSR count). The van der Waals surface area contributed by atoms with Crippen LogP contribution in [-0.4, -0.2) is 20.8 Å². The van der Waals surface area contributed by atoms with Crippen molar-refractivity contribution in [3.8, 4) is 28.5 Å². The smallest absolute Gasteiger partial charge is 0.137 e. The van der Waals surface area contributed by atoms with Gasteiger partial charge in [-0.3, -0.25) is 4.40 Å². The van der Waals surface area contributed by atoms with Crippen molar-refractivity contribution in [2.75, 3.05) is 0 Å². The van der Waals surface area contributed by atoms with Crippen LogP contribution < -0.4 is 0 Å². The number of fused-ring (bicyclic) bond motifs is 1. The highest BCUT2D eigenvalue weighted by atomic mass is 16.4. The highest BCUT2D eigenvalue weighted by Gasteiger charge is 2.09. The summed E-state index contributed by atoms with van der Waals surface area (Å²) in [5.41, 5.74) is 6.03. The van der Waals surface area contributed by atoms with Crippen molar-refractivity contribution in [3.05, 3.63) is 84.2 Å². The predicted molar refractivity (Wildman–Crippen MR) is 100 cm³/mol. The molecule has 124 valence electrons. The molecule has 2 aromatic heterocycles. The summed E-state index contributed by atoms with van der Waals surface area (Å²) in [6, 6.07) is 21.6. The predicted octanol–water partition coefficient (Wildman–Crippen LogP) is 4.35. The Morgan fingerprint density at radius 1 is 1.04 bits per heavy atom. The Morgan fingerprint density at radius 2 is 1.88 bits per heavy atom. The number of pyridine rings is 1. The fourth-order valence-corrected chi connectivity index (χ4v) is 3.04. The molecule has 0 aliphatic heterocycles. The SMILES string of the molecule is N#Cc1ccccc1-c1cccc(-c2cnc3cc(/C=N\O)ccn23)c1. The fourth-order valence-electron chi connectivity index (χ4n) is 3.04. The van der Waals surface area contributed by atoms with E-state index < -0.39 is 0 Å². The number of aromatic nitrogens is 2. The number of benzene rings is 2. The van der Waals surface area contributed by atoms with Crippen LogP contribution in [0.2, 0.25) is 0 Å². The number of imidazole rings is 1. The zero-order valence-electron chi connectivity index (χ0n) is 13.7. The molecular weight excluding hydrogens is 324 g/mol. The second kappa shape index (κ2) is 6.54. The minimum atomic E-state index is 0.649. The molecule has 4 aromatic rings. The lowest BCUT2D eigenvalue weighted by Crippen LogP contribution is -1.91. The summed E-state index contributed by atoms with van der Waals surface area (Å²) in [5.74, 6) is 0. The molecule has 0 saturated carbocycles. The van der Waals surface area contributed by atoms with Gasteiger partial charge >= 0.3 is 0 Å². The summed E-state index contributed by atoms with van der Waals surface area (Å²) in [6.45, 7) is 0. The maximum atomic E-state index is 9.35. The van der Waals surface area contributed by atoms with Crippen LogP contribution in [-0.2, 0) is 0 Å². The van der Waals surface area contributed by atoms with E-state index in [9.17, 15) is 5.26 Å². The third-order valence-corrected chi connectivity index (χ3v) is 4.26. The molecule has 0 bridgehead atoms. The molecule has 0 unspecified atom stereocenters. The van der Waals surface area contributed by atoms with Gasteiger partial charge in [-0.1, -0.05) is 41.6 Å². The van der Waals surface area contributed by atoms with Crippen molar-refractivity contribution in [3.63, 3.8) is 0 Å². The molecule has 1 N–H and O–H groups in total. The fraction of sp³-hybridized carbons (Fsp3) is 0. The average Bonchev–Trinajstić information content (AvgIpc) is 3.11. The molecule has 5 heteroatoms. The van der Waals surface area contributed by atoms with Crippen LogP contribution in [0.3, 0.4) is 0 Å². The minimum absolute atomic E-state index is 0.649. The Hall–Kier alpha value is -3.91. The first-order chi connectivity index (χ1) is 12.8. The van der Waals surface area contributed by atoms with Crippen molar-refractivity contribution < 1.29 is 5.21 Å². The van der Waals surface area contributed by atoms with Gasteiger partial charge in [0.05, 0.1) is 29.7 Å². The second-order valence-corrected chi connectivity index (χ2v) is 5.81. The molecule has 0 fully saturated rings. The molecule has 0 saturated heterocycles. The van der Waals surface area contributed by atoms with Crippen molar-refractivity contribution in [1.82, 2.24) is 9.38 Å². The number of nitrogens with zero attached hydrogens (tertiary/aromatic N) is 4. The van der Waals surface area contributed by atoms with Gasteiger partial charge in [-0.25, -0.2) is 4.98 Å². The maximum absolute atomic E-state index is 9.35. The molecule has 0 aliphatic carbocycles. The van der Waals surface area contributed by atoms with E-state index in [-0.39, 0.29) is 0 Å². The lowest BCUT2D eigenvalue weighted by Gasteiger charge is -2.07. The highest BCUT2D eigenvalue weighted by molar-refractivity contribution is 5.81. The molecule has 0 spiro atoms. The van der Waals surface area contributed by atoms with E-state index in [4.69, 9.17) is 5.21 Å². The Kier molecular flexibility index (Phi) is 3.92. The minimum Gasteiger partial charge on any atom is -0.411 e. The van der Waals surface area contributed by atoms with Crippen LogP contribution >= 0.6 is 0 Å². The average molecular weight is 338 g/mol. The molecule has 0 aliphatic rings. The third-order valence-electron chi connectivity index (χ3n) is 4.26. The number of hydrogen-bond donors (Lipinski definition) is 1. The number of rotatable bonds is 3. The van der Waals surface area contributed by atoms with Gasteiger partial charge in [0.25, 0.3) is 0 Å². The van der Waals surface area contributed by atoms with Crippen LogP contribution in [0.15, 0.2) is 78.2 Å². The third kappa shape index (κ3) is 2.70. The molecule has 5 nitrogen and oxygen atoms in total. The molecule has 2 aromatic carbocycles. The van der Waals surface area contributed by atoms with Gasteiger partial charge < -0.3 is 5.21 Å². The zero-order chi connectivity index (χ0) is 17.9. The van der Waals surface area contributed by atoms with E-state index in [1.807, 2.05) is 71.4 Å². The van der Waals surface area contributed by atoms with Crippen LogP contribution in [0.1, 0.15) is 11.1 Å². The standard InChI is InChI=1S/C21H14N4O/c22-12-18-4-1-2-7-19(18)16-5-3-6-17(11-16)20-14-23-21-10-15(13-24-26)8-9-25(20)21/h1-11,13-14,26H/b24-13-. The molecule has 0 amide bonds. The van der Waals surface area contributed by atoms with Crippen LogP contribution in [0.4, 0.5) is 0 Å². The molecule has 26 heavy (non-hydrogen) atoms. The van der Waals surface area contributed by atoms with Crippen molar-refractivity contribution in [2.45, 2.75) is 0 Å². The van der Waals surface area contributed by atoms with E-state index >= 15 is 0 Å². The van der Waals surface area contributed by atoms with Crippen molar-refractivity contribution in [2.24, 2.45) is 5.16 Å². The Bertz CT molecular complexity index is 1170. The van der Waals surface area contributed by atoms with Gasteiger partial charge in [0.15, 0.2) is 0 Å². The largest absolute Gasteiger partial charge is 0.411 e. The first kappa shape index (κ1) is 15.6. The zero-order valence-corrected chi connectivity index (χ0v) is 13.7. The summed E-state index contributed by atoms with van der Waals surface area (Å²) in [6.07, 6.45) is 5.07. The van der Waals surface area contributed by atoms with E-state index in [1.54, 1.807) is 0 Å². The van der Waals surface area contributed by atoms with Crippen molar-refractivity contribution >= 4 is 11.9 Å². The first-order valence-electron chi connectivity index (χ1n) is 8.04. The Labute approximate surface area is 150 Å². The number of oxime groups is 1. The van der Waals surface area contributed by atoms with Crippen molar-refractivity contribution in [1.29, 1.82) is 5.26 Å². The normalized spacial score (nSPS) is 11.0. The number of hydrogen-bond acceptors (Lipinski definition) is 4. The molecule has 0 atom stereocenters. The first-order valence-corrected chi connectivity index (χ1v) is 8.04. The molecule has 2 heterocycles. The van der Waals surface area contributed by atoms with E-state index in [1.165, 1.54) is 6.21 Å². The van der Waals surface area contributed by atoms with Crippen LogP contribution in [0, 0.1) is 11.3 Å². The van der Waals surface area contributed by atoms with Gasteiger partial charge in [-0.05, 0) is 35.4 Å². The van der Waals surface area contributed by atoms with E-state index in [2.05, 4.69) is 22.3 Å². The molecule has 0 radical (unpaired) electrons. The van der Waals surface area contributed by atoms with E-state index in [0.717, 1.165) is 33.6 Å². The maximum Gasteiger partial charge on any atom is 0.137 e. The quantitative estimate of drug-likeness (QED) is 0.343. The van der Waals surface area contributed by atoms with Gasteiger partial charge in [-0.2, -0.15) is 5.26 Å². The summed E-state index contributed by atoms with van der Waals surface area (Å²) in [7, 11) is 0. The number of nitriles is 1. The summed E-state index contributed by atoms with van der Waals surface area (Å²) in [4.78, 5) is 4.44. The second-order valence-electron chi connectivity index (χ2n) is 5.81. The van der Waals surface area contributed by atoms with Gasteiger partial charge in [-0.15, -0.1) is 0 Å².